The molecular formula is C21H23IN4O2. The lowest BCUT2D eigenvalue weighted by Crippen LogP contribution is -3.00. The van der Waals surface area contributed by atoms with Crippen molar-refractivity contribution in [2.24, 2.45) is 0 Å². The zero-order valence-corrected chi connectivity index (χ0v) is 18.5. The molecule has 0 atom stereocenters. The Bertz CT molecular complexity index is 1200. The monoisotopic (exact) mass is 490 g/mol. The van der Waals surface area contributed by atoms with Gasteiger partial charge in [-0.1, -0.05) is 6.07 Å². The minimum atomic E-state index is -0.153. The molecule has 0 aliphatic carbocycles. The predicted octanol–water partition coefficient (Wildman–Crippen LogP) is 0.0616. The van der Waals surface area contributed by atoms with Crippen molar-refractivity contribution >= 4 is 16.6 Å². The summed E-state index contributed by atoms with van der Waals surface area (Å²) in [5.41, 5.74) is 4.48. The standard InChI is InChI=1S/C21H22N4O2.HI/c1-25(2,3)13-16-20(22-18-7-5-6-12-24(16)18)14-8-10-17(27-4)21-15(14)9-11-19(26)23-21;/h5-12H,13H2,1-4H3;1H. The summed E-state index contributed by atoms with van der Waals surface area (Å²) in [6.45, 7) is 0.817. The molecule has 146 valence electrons. The van der Waals surface area contributed by atoms with Gasteiger partial charge < -0.3 is 38.2 Å². The SMILES string of the molecule is COc1ccc(-c2nc3ccccn3c2C[N+](C)(C)C)c2ccc(=O)[nH]c12.[I-]. The minimum Gasteiger partial charge on any atom is -1.00 e. The smallest absolute Gasteiger partial charge is 0.248 e. The van der Waals surface area contributed by atoms with Crippen LogP contribution in [0.25, 0.3) is 27.8 Å². The zero-order valence-electron chi connectivity index (χ0n) is 16.4. The molecular weight excluding hydrogens is 467 g/mol. The number of methoxy groups -OCH3 is 1. The Labute approximate surface area is 180 Å². The van der Waals surface area contributed by atoms with E-state index in [4.69, 9.17) is 9.72 Å². The fourth-order valence-corrected chi connectivity index (χ4v) is 3.46. The maximum Gasteiger partial charge on any atom is 0.248 e. The number of nitrogens with zero attached hydrogens (tertiary/aromatic N) is 3. The van der Waals surface area contributed by atoms with Crippen molar-refractivity contribution in [3.8, 4) is 17.0 Å². The number of H-pyrrole nitrogens is 1. The first kappa shape index (κ1) is 20.3. The van der Waals surface area contributed by atoms with Crippen LogP contribution in [0.3, 0.4) is 0 Å². The van der Waals surface area contributed by atoms with Crippen molar-refractivity contribution in [2.45, 2.75) is 6.54 Å². The third kappa shape index (κ3) is 3.64. The summed E-state index contributed by atoms with van der Waals surface area (Å²) in [5, 5.41) is 0.917. The van der Waals surface area contributed by atoms with E-state index in [9.17, 15) is 4.79 Å². The number of benzene rings is 1. The molecule has 0 unspecified atom stereocenters. The summed E-state index contributed by atoms with van der Waals surface area (Å²) < 4.78 is 8.36. The van der Waals surface area contributed by atoms with E-state index in [0.29, 0.717) is 11.3 Å². The number of halogens is 1. The van der Waals surface area contributed by atoms with E-state index in [1.807, 2.05) is 42.6 Å². The van der Waals surface area contributed by atoms with Crippen molar-refractivity contribution in [1.82, 2.24) is 14.4 Å². The number of nitrogens with one attached hydrogen (secondary N) is 1. The van der Waals surface area contributed by atoms with Crippen LogP contribution in [0.5, 0.6) is 5.75 Å². The van der Waals surface area contributed by atoms with Crippen molar-refractivity contribution in [3.63, 3.8) is 0 Å². The van der Waals surface area contributed by atoms with E-state index in [1.165, 1.54) is 0 Å². The minimum absolute atomic E-state index is 0. The lowest BCUT2D eigenvalue weighted by Gasteiger charge is -2.24. The van der Waals surface area contributed by atoms with Gasteiger partial charge in [0.1, 0.15) is 23.6 Å². The van der Waals surface area contributed by atoms with E-state index >= 15 is 0 Å². The summed E-state index contributed by atoms with van der Waals surface area (Å²) in [4.78, 5) is 19.7. The van der Waals surface area contributed by atoms with Crippen molar-refractivity contribution in [1.29, 1.82) is 0 Å². The Kier molecular flexibility index (Phi) is 5.49. The summed E-state index contributed by atoms with van der Waals surface area (Å²) >= 11 is 0. The van der Waals surface area contributed by atoms with Crippen LogP contribution >= 0.6 is 0 Å². The normalized spacial score (nSPS) is 11.6. The molecule has 3 aromatic heterocycles. The van der Waals surface area contributed by atoms with Crippen molar-refractivity contribution in [2.75, 3.05) is 28.3 Å². The largest absolute Gasteiger partial charge is 1.00 e. The number of pyridine rings is 2. The van der Waals surface area contributed by atoms with Crippen LogP contribution in [0, 0.1) is 0 Å². The van der Waals surface area contributed by atoms with E-state index in [1.54, 1.807) is 13.2 Å². The maximum atomic E-state index is 11.9. The van der Waals surface area contributed by atoms with Crippen molar-refractivity contribution in [3.05, 3.63) is 64.7 Å². The highest BCUT2D eigenvalue weighted by Gasteiger charge is 2.22. The molecule has 1 N–H and O–H groups in total. The van der Waals surface area contributed by atoms with Gasteiger partial charge in [-0.15, -0.1) is 0 Å². The summed E-state index contributed by atoms with van der Waals surface area (Å²) in [6, 6.07) is 13.3. The average Bonchev–Trinajstić information content (AvgIpc) is 2.97. The second-order valence-electron chi connectivity index (χ2n) is 7.71. The highest BCUT2D eigenvalue weighted by Crippen LogP contribution is 2.35. The maximum absolute atomic E-state index is 11.9. The molecule has 3 heterocycles. The van der Waals surface area contributed by atoms with Gasteiger partial charge in [0.05, 0.1) is 39.5 Å². The number of imidazole rings is 1. The van der Waals surface area contributed by atoms with Gasteiger partial charge in [0.2, 0.25) is 5.56 Å². The van der Waals surface area contributed by atoms with E-state index in [0.717, 1.165) is 39.0 Å². The Morgan fingerprint density at radius 2 is 1.89 bits per heavy atom. The summed E-state index contributed by atoms with van der Waals surface area (Å²) in [7, 11) is 8.09. The number of rotatable bonds is 4. The van der Waals surface area contributed by atoms with E-state index in [-0.39, 0.29) is 29.5 Å². The second kappa shape index (κ2) is 7.56. The Hall–Kier alpha value is -2.39. The number of hydrogen-bond donors (Lipinski definition) is 1. The van der Waals surface area contributed by atoms with Gasteiger partial charge >= 0.3 is 0 Å². The molecule has 0 fully saturated rings. The molecule has 0 radical (unpaired) electrons. The number of hydrogen-bond acceptors (Lipinski definition) is 3. The predicted molar refractivity (Wildman–Crippen MR) is 107 cm³/mol. The van der Waals surface area contributed by atoms with Gasteiger partial charge in [0.25, 0.3) is 0 Å². The quantitative estimate of drug-likeness (QED) is 0.325. The molecule has 4 aromatic rings. The Morgan fingerprint density at radius 1 is 1.11 bits per heavy atom. The highest BCUT2D eigenvalue weighted by atomic mass is 127. The van der Waals surface area contributed by atoms with Crippen LogP contribution in [0.4, 0.5) is 0 Å². The first-order valence-electron chi connectivity index (χ1n) is 8.84. The first-order valence-corrected chi connectivity index (χ1v) is 8.84. The van der Waals surface area contributed by atoms with Gasteiger partial charge in [0, 0.05) is 23.2 Å². The average molecular weight is 490 g/mol. The molecule has 0 saturated heterocycles. The van der Waals surface area contributed by atoms with Crippen LogP contribution in [0.1, 0.15) is 5.69 Å². The Balaban J connectivity index is 0.00000225. The number of aromatic nitrogens is 3. The molecule has 0 aliphatic rings. The van der Waals surface area contributed by atoms with Gasteiger partial charge in [-0.3, -0.25) is 9.20 Å². The number of fused-ring (bicyclic) bond motifs is 2. The molecule has 6 nitrogen and oxygen atoms in total. The highest BCUT2D eigenvalue weighted by molar-refractivity contribution is 5.97. The third-order valence-electron chi connectivity index (χ3n) is 4.58. The fourth-order valence-electron chi connectivity index (χ4n) is 3.46. The van der Waals surface area contributed by atoms with Gasteiger partial charge in [-0.05, 0) is 30.3 Å². The van der Waals surface area contributed by atoms with Crippen LogP contribution in [0.15, 0.2) is 53.5 Å². The first-order chi connectivity index (χ1) is 12.9. The van der Waals surface area contributed by atoms with Crippen LogP contribution in [0.2, 0.25) is 0 Å². The lowest BCUT2D eigenvalue weighted by atomic mass is 10.0. The molecule has 0 amide bonds. The molecule has 0 aliphatic heterocycles. The molecule has 7 heteroatoms. The molecule has 0 spiro atoms. The topological polar surface area (TPSA) is 59.4 Å². The zero-order chi connectivity index (χ0) is 19.2. The van der Waals surface area contributed by atoms with Gasteiger partial charge in [0.15, 0.2) is 0 Å². The second-order valence-corrected chi connectivity index (χ2v) is 7.71. The number of quaternary nitrogens is 1. The van der Waals surface area contributed by atoms with Gasteiger partial charge in [-0.2, -0.15) is 0 Å². The summed E-state index contributed by atoms with van der Waals surface area (Å²) in [5.74, 6) is 0.642. The van der Waals surface area contributed by atoms with Crippen LogP contribution in [-0.2, 0) is 6.54 Å². The van der Waals surface area contributed by atoms with Crippen LogP contribution < -0.4 is 34.3 Å². The summed E-state index contributed by atoms with van der Waals surface area (Å²) in [6.07, 6.45) is 2.05. The van der Waals surface area contributed by atoms with E-state index in [2.05, 4.69) is 30.5 Å². The third-order valence-corrected chi connectivity index (χ3v) is 4.58. The number of ether oxygens (including phenoxy) is 1. The Morgan fingerprint density at radius 3 is 2.61 bits per heavy atom. The molecule has 0 saturated carbocycles. The molecule has 0 bridgehead atoms. The fraction of sp³-hybridized carbons (Fsp3) is 0.238. The van der Waals surface area contributed by atoms with Crippen molar-refractivity contribution < 1.29 is 33.2 Å². The van der Waals surface area contributed by atoms with Gasteiger partial charge in [-0.25, -0.2) is 4.98 Å². The lowest BCUT2D eigenvalue weighted by molar-refractivity contribution is -0.884. The van der Waals surface area contributed by atoms with Crippen LogP contribution in [-0.4, -0.2) is 47.1 Å². The molecule has 28 heavy (non-hydrogen) atoms. The number of aromatic amines is 1. The molecule has 4 rings (SSSR count). The molecule has 1 aromatic carbocycles. The van der Waals surface area contributed by atoms with E-state index < -0.39 is 0 Å².